The van der Waals surface area contributed by atoms with Crippen molar-refractivity contribution in [1.29, 1.82) is 0 Å². The second kappa shape index (κ2) is 34.4. The first-order valence-electron chi connectivity index (χ1n) is 8.29. The quantitative estimate of drug-likeness (QED) is 0.0532. The lowest BCUT2D eigenvalue weighted by molar-refractivity contribution is 0.338. The molecule has 0 unspecified atom stereocenters. The predicted octanol–water partition coefficient (Wildman–Crippen LogP) is -5.72. The number of rotatable bonds is 31. The highest BCUT2D eigenvalue weighted by Gasteiger charge is 2.18. The Kier molecular flexibility index (Phi) is 36.8. The van der Waals surface area contributed by atoms with Gasteiger partial charge in [0.2, 0.25) is 0 Å². The highest BCUT2D eigenvalue weighted by Crippen LogP contribution is 2.00. The van der Waals surface area contributed by atoms with E-state index in [4.69, 9.17) is 68.1 Å². The average molecular weight is 721 g/mol. The SMILES string of the molecule is CO[Si]O[Si]O[Si]O[Si]O[Si]O[Si]O[Si]O[Si](CCCN)O[Si]O[Si]O[Si]O[Si]O[Si]O[Si]OC. The van der Waals surface area contributed by atoms with Gasteiger partial charge in [0.1, 0.15) is 0 Å². The summed E-state index contributed by atoms with van der Waals surface area (Å²) in [6.07, 6.45) is 0.770. The van der Waals surface area contributed by atoms with Crippen LogP contribution in [0.1, 0.15) is 6.42 Å². The van der Waals surface area contributed by atoms with Gasteiger partial charge in [-0.25, -0.2) is 0 Å². The molecule has 0 saturated carbocycles. The van der Waals surface area contributed by atoms with Crippen LogP contribution in [0.4, 0.5) is 0 Å². The first-order valence-corrected chi connectivity index (χ1v) is 20.4. The summed E-state index contributed by atoms with van der Waals surface area (Å²) in [4.78, 5) is 0. The molecule has 0 aliphatic rings. The summed E-state index contributed by atoms with van der Waals surface area (Å²) in [5.74, 6) is 0. The van der Waals surface area contributed by atoms with Gasteiger partial charge in [0.15, 0.2) is 0 Å². The first-order chi connectivity index (χ1) is 17.3. The molecule has 0 heterocycles. The van der Waals surface area contributed by atoms with Crippen molar-refractivity contribution in [3.63, 3.8) is 0 Å². The molecule has 30 heteroatoms. The van der Waals surface area contributed by atoms with Gasteiger partial charge in [-0.15, -0.1) is 0 Å². The van der Waals surface area contributed by atoms with E-state index in [0.29, 0.717) is 12.6 Å². The lowest BCUT2D eigenvalue weighted by atomic mass is 10.5. The topological polar surface area (TPSA) is 164 Å². The molecule has 0 aromatic heterocycles. The van der Waals surface area contributed by atoms with Crippen molar-refractivity contribution in [3.05, 3.63) is 0 Å². The fraction of sp³-hybridized carbons (Fsp3) is 1.00. The smallest absolute Gasteiger partial charge is 0.413 e. The lowest BCUT2D eigenvalue weighted by Crippen LogP contribution is -2.31. The minimum absolute atomic E-state index is 0.0456. The minimum atomic E-state index is -1.59. The zero-order valence-corrected chi connectivity index (χ0v) is 31.8. The summed E-state index contributed by atoms with van der Waals surface area (Å²) >= 11 is 0. The molecule has 0 aliphatic heterocycles. The molecule has 0 saturated heterocycles. The molecule has 0 aliphatic carbocycles. The Balaban J connectivity index is 3.47. The third-order valence-corrected chi connectivity index (χ3v) is 12.9. The Morgan fingerprint density at radius 2 is 0.743 bits per heavy atom. The number of nitrogens with two attached hydrogens (primary N) is 1. The maximum absolute atomic E-state index is 5.64. The molecule has 0 rings (SSSR count). The van der Waals surface area contributed by atoms with Gasteiger partial charge in [-0.05, 0) is 19.0 Å². The average Bonchev–Trinajstić information content (AvgIpc) is 2.87. The summed E-state index contributed by atoms with van der Waals surface area (Å²) < 4.78 is 77.2. The van der Waals surface area contributed by atoms with Crippen LogP contribution in [0.3, 0.4) is 0 Å². The van der Waals surface area contributed by atoms with Gasteiger partial charge < -0.3 is 68.1 Å². The molecular formula is C5H14NO15Si14. The molecule has 16 nitrogen and oxygen atoms in total. The number of hydrogen-bond donors (Lipinski definition) is 1. The highest BCUT2D eigenvalue weighted by molar-refractivity contribution is 6.58. The summed E-state index contributed by atoms with van der Waals surface area (Å²) in [5.41, 5.74) is 5.56. The third kappa shape index (κ3) is 32.5. The van der Waals surface area contributed by atoms with Gasteiger partial charge in [0.25, 0.3) is 0 Å². The van der Waals surface area contributed by atoms with E-state index in [0.717, 1.165) is 6.42 Å². The monoisotopic (exact) mass is 720 g/mol. The van der Waals surface area contributed by atoms with Crippen LogP contribution in [-0.2, 0) is 62.3 Å². The lowest BCUT2D eigenvalue weighted by Gasteiger charge is -2.13. The van der Waals surface area contributed by atoms with Crippen molar-refractivity contribution in [2.45, 2.75) is 12.5 Å². The van der Waals surface area contributed by atoms with Crippen LogP contribution in [0.5, 0.6) is 0 Å². The van der Waals surface area contributed by atoms with Crippen LogP contribution in [0.2, 0.25) is 6.04 Å². The van der Waals surface area contributed by atoms with Crippen molar-refractivity contribution in [3.8, 4) is 0 Å². The van der Waals surface area contributed by atoms with Crippen molar-refractivity contribution < 1.29 is 62.3 Å². The van der Waals surface area contributed by atoms with Gasteiger partial charge in [-0.2, -0.15) is 0 Å². The molecule has 0 bridgehead atoms. The Labute approximate surface area is 239 Å². The van der Waals surface area contributed by atoms with E-state index in [1.807, 2.05) is 0 Å². The Hall–Kier alpha value is 2.40. The van der Waals surface area contributed by atoms with E-state index in [9.17, 15) is 0 Å². The molecule has 0 aromatic rings. The third-order valence-electron chi connectivity index (χ3n) is 1.98. The standard InChI is InChI=1S/C5H14NO15Si14/c1-7-22-9-24-11-26-13-28-15-30-17-32-19-34-21-35(5-3-4-6)20-33-18-31-16-29-14-27-12-25-10-23-8-2/h3-6H2,1-2H3. The van der Waals surface area contributed by atoms with Gasteiger partial charge in [-0.1, -0.05) is 0 Å². The zero-order valence-electron chi connectivity index (χ0n) is 17.8. The van der Waals surface area contributed by atoms with E-state index < -0.39 is 9.28 Å². The fourth-order valence-corrected chi connectivity index (χ4v) is 11.7. The van der Waals surface area contributed by atoms with E-state index in [2.05, 4.69) is 0 Å². The summed E-state index contributed by atoms with van der Waals surface area (Å²) in [6, 6.07) is 0.696. The van der Waals surface area contributed by atoms with Crippen LogP contribution >= 0.6 is 0 Å². The molecule has 185 valence electrons. The van der Waals surface area contributed by atoms with Gasteiger partial charge in [-0.3, -0.25) is 0 Å². The number of hydrogen-bond acceptors (Lipinski definition) is 16. The Bertz CT molecular complexity index is 402. The molecule has 2 N–H and O–H groups in total. The maximum Gasteiger partial charge on any atom is 0.422 e. The van der Waals surface area contributed by atoms with Crippen LogP contribution in [0, 0.1) is 0 Å². The molecule has 0 amide bonds. The van der Waals surface area contributed by atoms with Gasteiger partial charge in [0, 0.05) is 14.2 Å². The van der Waals surface area contributed by atoms with Crippen molar-refractivity contribution in [2.75, 3.05) is 20.8 Å². The van der Waals surface area contributed by atoms with Crippen molar-refractivity contribution in [2.24, 2.45) is 5.73 Å². The van der Waals surface area contributed by atoms with Gasteiger partial charge in [0.05, 0.1) is 0 Å². The fourth-order valence-electron chi connectivity index (χ4n) is 0.962. The summed E-state index contributed by atoms with van der Waals surface area (Å²) in [5, 5.41) is 0. The van der Waals surface area contributed by atoms with Crippen molar-refractivity contribution >= 4 is 139 Å². The normalized spacial score (nSPS) is 11.7. The van der Waals surface area contributed by atoms with Crippen molar-refractivity contribution in [1.82, 2.24) is 0 Å². The summed E-state index contributed by atoms with van der Waals surface area (Å²) in [7, 11) is -0.802. The van der Waals surface area contributed by atoms with Crippen LogP contribution in [0.15, 0.2) is 0 Å². The molecule has 0 aromatic carbocycles. The summed E-state index contributed by atoms with van der Waals surface area (Å²) in [6.45, 7) is 0.539. The Morgan fingerprint density at radius 3 is 1.03 bits per heavy atom. The molecule has 0 fully saturated rings. The molecule has 27 radical (unpaired) electrons. The van der Waals surface area contributed by atoms with Crippen LogP contribution in [-0.4, -0.2) is 160 Å². The second-order valence-corrected chi connectivity index (χ2v) is 18.9. The molecule has 0 spiro atoms. The maximum atomic E-state index is 5.64. The van der Waals surface area contributed by atoms with E-state index in [-0.39, 0.29) is 130 Å². The minimum Gasteiger partial charge on any atom is -0.413 e. The Morgan fingerprint density at radius 1 is 0.457 bits per heavy atom. The van der Waals surface area contributed by atoms with Crippen LogP contribution in [0.25, 0.3) is 0 Å². The van der Waals surface area contributed by atoms with E-state index in [1.165, 1.54) is 0 Å². The van der Waals surface area contributed by atoms with E-state index in [1.54, 1.807) is 14.2 Å². The molecule has 35 heavy (non-hydrogen) atoms. The zero-order chi connectivity index (χ0) is 25.5. The first kappa shape index (κ1) is 37.4. The predicted molar refractivity (Wildman–Crippen MR) is 127 cm³/mol. The molecular weight excluding hydrogens is 707 g/mol. The largest absolute Gasteiger partial charge is 0.422 e. The highest BCUT2D eigenvalue weighted by atomic mass is 28.4. The van der Waals surface area contributed by atoms with Gasteiger partial charge >= 0.3 is 139 Å². The second-order valence-electron chi connectivity index (χ2n) is 4.08. The van der Waals surface area contributed by atoms with Crippen LogP contribution < -0.4 is 5.73 Å². The molecule has 0 atom stereocenters. The van der Waals surface area contributed by atoms with E-state index >= 15 is 0 Å².